The topological polar surface area (TPSA) is 359 Å². The number of hydrogen-bond acceptors (Lipinski definition) is 19. The summed E-state index contributed by atoms with van der Waals surface area (Å²) in [4.78, 5) is 86.5. The number of phosphoric ester groups is 2. The predicted octanol–water partition coefficient (Wildman–Crippen LogP) is -1.65. The highest BCUT2D eigenvalue weighted by molar-refractivity contribution is 7.47. The summed E-state index contributed by atoms with van der Waals surface area (Å²) in [6, 6.07) is 0. The normalized spacial score (nSPS) is 29.5. The van der Waals surface area contributed by atoms with Crippen molar-refractivity contribution in [3.05, 3.63) is 77.7 Å². The van der Waals surface area contributed by atoms with Crippen LogP contribution in [0.25, 0.3) is 11.2 Å². The molecule has 0 aromatic carbocycles. The predicted molar refractivity (Wildman–Crippen MR) is 192 cm³/mol. The second kappa shape index (κ2) is 16.4. The fraction of sp³-hybridized carbons (Fsp3) is 0.567. The molecule has 8 N–H and O–H groups in total. The van der Waals surface area contributed by atoms with Crippen LogP contribution in [0.15, 0.2) is 44.1 Å². The molecule has 316 valence electrons. The summed E-state index contributed by atoms with van der Waals surface area (Å²) in [5.74, 6) is -0.0921. The van der Waals surface area contributed by atoms with E-state index in [1.807, 2.05) is 0 Å². The van der Waals surface area contributed by atoms with Crippen molar-refractivity contribution < 1.29 is 61.4 Å². The van der Waals surface area contributed by atoms with Crippen LogP contribution >= 0.6 is 15.6 Å². The van der Waals surface area contributed by atoms with Gasteiger partial charge in [-0.25, -0.2) is 28.7 Å². The molecule has 4 aromatic heterocycles. The number of aliphatic hydroxyl groups excluding tert-OH is 2. The maximum atomic E-state index is 13.3. The van der Waals surface area contributed by atoms with Gasteiger partial charge < -0.3 is 39.9 Å². The lowest BCUT2D eigenvalue weighted by molar-refractivity contribution is -0.0610. The first-order valence-corrected chi connectivity index (χ1v) is 20.6. The van der Waals surface area contributed by atoms with Gasteiger partial charge in [0.05, 0.1) is 38.4 Å². The van der Waals surface area contributed by atoms with E-state index in [1.165, 1.54) is 43.3 Å². The standard InChI is InChI=1S/C30H39N9O17P2/c1-13-7-37(29(44)35-26(13)42)22-3-16(41)20(53-22)10-50-57(46,47)56-18-5-24(39-12-33-15-6-32-28(31)34-25(15)39)54-21(18)11-51-58(48,49)55-17-4-23(52-19(17)9-40)38-8-14(2)27(43)36-30(38)45/h6-8,12,16-24,40-41H,3-5,9-11H2,1-2H3,(H,46,47)(H,48,49)(H2,31,32,34)(H,35,42,44)(H,36,43,45)/t16-,17-,18-,19+,20+,21+,22+,23+,24+/m0/s1. The number of imidazole rings is 1. The molecule has 7 heterocycles. The Balaban J connectivity index is 1.04. The van der Waals surface area contributed by atoms with E-state index in [9.17, 15) is 48.3 Å². The Hall–Kier alpha value is -4.27. The van der Waals surface area contributed by atoms with Gasteiger partial charge in [0.25, 0.3) is 11.1 Å². The van der Waals surface area contributed by atoms with Crippen LogP contribution in [0.3, 0.4) is 0 Å². The molecule has 2 unspecified atom stereocenters. The fourth-order valence-electron chi connectivity index (χ4n) is 6.70. The van der Waals surface area contributed by atoms with Gasteiger partial charge in [-0.2, -0.15) is 4.98 Å². The molecule has 0 aliphatic carbocycles. The van der Waals surface area contributed by atoms with E-state index in [1.54, 1.807) is 0 Å². The van der Waals surface area contributed by atoms with Gasteiger partial charge in [-0.3, -0.25) is 51.4 Å². The van der Waals surface area contributed by atoms with Crippen molar-refractivity contribution in [3.8, 4) is 0 Å². The molecule has 0 spiro atoms. The third-order valence-electron chi connectivity index (χ3n) is 9.64. The second-order valence-electron chi connectivity index (χ2n) is 13.7. The number of ether oxygens (including phenoxy) is 3. The van der Waals surface area contributed by atoms with Gasteiger partial charge in [0.15, 0.2) is 5.65 Å². The zero-order valence-electron chi connectivity index (χ0n) is 30.5. The van der Waals surface area contributed by atoms with Crippen LogP contribution in [0.4, 0.5) is 5.95 Å². The van der Waals surface area contributed by atoms with Crippen LogP contribution in [0, 0.1) is 13.8 Å². The molecule has 3 saturated heterocycles. The number of fused-ring (bicyclic) bond motifs is 1. The molecular weight excluding hydrogens is 820 g/mol. The fourth-order valence-corrected chi connectivity index (χ4v) is 8.62. The Morgan fingerprint density at radius 3 is 1.88 bits per heavy atom. The third kappa shape index (κ3) is 8.98. The second-order valence-corrected chi connectivity index (χ2v) is 16.5. The molecule has 58 heavy (non-hydrogen) atoms. The molecular formula is C30H39N9O17P2. The number of aromatic amines is 2. The zero-order chi connectivity index (χ0) is 41.7. The molecule has 4 aromatic rings. The van der Waals surface area contributed by atoms with Crippen molar-refractivity contribution >= 4 is 32.8 Å². The van der Waals surface area contributed by atoms with Crippen LogP contribution in [0.5, 0.6) is 0 Å². The van der Waals surface area contributed by atoms with Gasteiger partial charge in [-0.05, 0) is 13.8 Å². The van der Waals surface area contributed by atoms with Crippen molar-refractivity contribution in [2.75, 3.05) is 25.6 Å². The molecule has 0 saturated carbocycles. The molecule has 3 aliphatic heterocycles. The highest BCUT2D eigenvalue weighted by atomic mass is 31.2. The summed E-state index contributed by atoms with van der Waals surface area (Å²) in [5.41, 5.74) is 3.87. The van der Waals surface area contributed by atoms with Gasteiger partial charge in [0, 0.05) is 42.8 Å². The number of nitrogens with two attached hydrogens (primary N) is 1. The largest absolute Gasteiger partial charge is 0.472 e. The Morgan fingerprint density at radius 2 is 1.29 bits per heavy atom. The van der Waals surface area contributed by atoms with Crippen molar-refractivity contribution in [1.82, 2.24) is 38.6 Å². The lowest BCUT2D eigenvalue weighted by atomic mass is 10.2. The Labute approximate surface area is 324 Å². The number of aliphatic hydroxyl groups is 2. The van der Waals surface area contributed by atoms with Crippen LogP contribution in [-0.2, 0) is 41.4 Å². The first-order valence-electron chi connectivity index (χ1n) is 17.6. The lowest BCUT2D eigenvalue weighted by Gasteiger charge is -2.24. The Kier molecular flexibility index (Phi) is 11.8. The minimum absolute atomic E-state index is 0.0921. The molecule has 7 rings (SSSR count). The minimum atomic E-state index is -5.05. The monoisotopic (exact) mass is 859 g/mol. The number of hydrogen-bond donors (Lipinski definition) is 7. The van der Waals surface area contributed by atoms with E-state index in [2.05, 4.69) is 24.9 Å². The molecule has 0 amide bonds. The highest BCUT2D eigenvalue weighted by Crippen LogP contribution is 2.52. The van der Waals surface area contributed by atoms with Crippen LogP contribution in [0.2, 0.25) is 0 Å². The van der Waals surface area contributed by atoms with E-state index >= 15 is 0 Å². The smallest absolute Gasteiger partial charge is 0.394 e. The van der Waals surface area contributed by atoms with Gasteiger partial charge >= 0.3 is 27.0 Å². The highest BCUT2D eigenvalue weighted by Gasteiger charge is 2.46. The lowest BCUT2D eigenvalue weighted by Crippen LogP contribution is -2.33. The number of rotatable bonds is 14. The number of H-pyrrole nitrogens is 2. The summed E-state index contributed by atoms with van der Waals surface area (Å²) < 4.78 is 68.9. The number of nitrogens with zero attached hydrogens (tertiary/aromatic N) is 6. The number of aromatic nitrogens is 8. The van der Waals surface area contributed by atoms with Gasteiger partial charge in [0.1, 0.15) is 54.7 Å². The van der Waals surface area contributed by atoms with Gasteiger partial charge in [-0.1, -0.05) is 0 Å². The minimum Gasteiger partial charge on any atom is -0.394 e. The maximum absolute atomic E-state index is 13.3. The van der Waals surface area contributed by atoms with E-state index in [0.717, 1.165) is 9.13 Å². The van der Waals surface area contributed by atoms with Gasteiger partial charge in [0.2, 0.25) is 5.95 Å². The average molecular weight is 860 g/mol. The Morgan fingerprint density at radius 1 is 0.793 bits per heavy atom. The summed E-state index contributed by atoms with van der Waals surface area (Å²) in [7, 11) is -10.1. The summed E-state index contributed by atoms with van der Waals surface area (Å²) in [6.45, 7) is 0.766. The molecule has 28 heteroatoms. The molecule has 3 fully saturated rings. The summed E-state index contributed by atoms with van der Waals surface area (Å²) >= 11 is 0. The molecule has 0 radical (unpaired) electrons. The quantitative estimate of drug-likeness (QED) is 0.0698. The Bertz CT molecular complexity index is 2510. The summed E-state index contributed by atoms with van der Waals surface area (Å²) in [6.07, 6.45) is -6.25. The first-order chi connectivity index (χ1) is 27.4. The van der Waals surface area contributed by atoms with Crippen molar-refractivity contribution in [2.45, 2.75) is 88.4 Å². The van der Waals surface area contributed by atoms with E-state index in [4.69, 9.17) is 38.0 Å². The molecule has 26 nitrogen and oxygen atoms in total. The van der Waals surface area contributed by atoms with E-state index < -0.39 is 113 Å². The molecule has 11 atom stereocenters. The number of nitrogen functional groups attached to an aromatic ring is 1. The van der Waals surface area contributed by atoms with Crippen molar-refractivity contribution in [3.63, 3.8) is 0 Å². The number of nitrogens with one attached hydrogen (secondary N) is 2. The number of phosphoric acid groups is 2. The zero-order valence-corrected chi connectivity index (χ0v) is 32.3. The van der Waals surface area contributed by atoms with E-state index in [0.29, 0.717) is 5.52 Å². The average Bonchev–Trinajstić information content (AvgIpc) is 3.94. The van der Waals surface area contributed by atoms with Crippen LogP contribution in [0.1, 0.15) is 49.1 Å². The van der Waals surface area contributed by atoms with Gasteiger partial charge in [-0.15, -0.1) is 0 Å². The number of aryl methyl sites for hydroxylation is 2. The van der Waals surface area contributed by atoms with Crippen LogP contribution in [-0.4, -0.2) is 115 Å². The first kappa shape index (κ1) is 41.9. The van der Waals surface area contributed by atoms with E-state index in [-0.39, 0.29) is 42.0 Å². The SMILES string of the molecule is Cc1cn([C@H]2C[C@H](OP(=O)(O)OC[C@H]3O[C@@H](n4cnc5cnc(N)nc54)C[C@@H]3OP(=O)(O)OC[C@H]3O[C@@H](n4cc(C)c(=O)[nH]c4=O)C[C@@H]3O)[C@@H](CO)O2)c(=O)[nH]c1=O. The van der Waals surface area contributed by atoms with Crippen molar-refractivity contribution in [2.24, 2.45) is 0 Å². The molecule has 3 aliphatic rings. The third-order valence-corrected chi connectivity index (χ3v) is 11.7. The maximum Gasteiger partial charge on any atom is 0.472 e. The van der Waals surface area contributed by atoms with Crippen LogP contribution < -0.4 is 28.2 Å². The summed E-state index contributed by atoms with van der Waals surface area (Å²) in [5, 5.41) is 20.5. The number of anilines is 1. The van der Waals surface area contributed by atoms with Crippen molar-refractivity contribution in [1.29, 1.82) is 0 Å². The molecule has 0 bridgehead atoms.